The van der Waals surface area contributed by atoms with Gasteiger partial charge in [0.2, 0.25) is 0 Å². The Morgan fingerprint density at radius 2 is 1.91 bits per heavy atom. The summed E-state index contributed by atoms with van der Waals surface area (Å²) in [5, 5.41) is 14.7. The molecule has 0 aliphatic heterocycles. The minimum absolute atomic E-state index is 0.0643. The van der Waals surface area contributed by atoms with Gasteiger partial charge in [-0.1, -0.05) is 18.2 Å². The largest absolute Gasteiger partial charge is 0.347 e. The van der Waals surface area contributed by atoms with Crippen molar-refractivity contribution < 1.29 is 14.0 Å². The number of halogens is 1. The Bertz CT molecular complexity index is 1250. The Labute approximate surface area is 184 Å². The minimum Gasteiger partial charge on any atom is -0.347 e. The van der Waals surface area contributed by atoms with Gasteiger partial charge in [0.15, 0.2) is 0 Å². The lowest BCUT2D eigenvalue weighted by molar-refractivity contribution is 0.0931. The van der Waals surface area contributed by atoms with Crippen LogP contribution in [0.5, 0.6) is 0 Å². The third-order valence-corrected chi connectivity index (χ3v) is 5.46. The van der Waals surface area contributed by atoms with Gasteiger partial charge in [0.1, 0.15) is 23.5 Å². The van der Waals surface area contributed by atoms with E-state index >= 15 is 0 Å². The summed E-state index contributed by atoms with van der Waals surface area (Å²) in [4.78, 5) is 33.2. The van der Waals surface area contributed by atoms with Gasteiger partial charge in [-0.15, -0.1) is 0 Å². The fourth-order valence-electron chi connectivity index (χ4n) is 3.76. The van der Waals surface area contributed by atoms with Crippen LogP contribution in [-0.4, -0.2) is 21.8 Å². The molecule has 32 heavy (non-hydrogen) atoms. The molecule has 7 nitrogen and oxygen atoms in total. The molecule has 0 unspecified atom stereocenters. The summed E-state index contributed by atoms with van der Waals surface area (Å²) in [5.74, 6) is -1.17. The second kappa shape index (κ2) is 8.94. The average molecular weight is 429 g/mol. The van der Waals surface area contributed by atoms with Crippen LogP contribution in [0.15, 0.2) is 48.8 Å². The van der Waals surface area contributed by atoms with Gasteiger partial charge in [0.05, 0.1) is 17.7 Å². The van der Waals surface area contributed by atoms with E-state index in [9.17, 15) is 14.0 Å². The van der Waals surface area contributed by atoms with Gasteiger partial charge >= 0.3 is 0 Å². The lowest BCUT2D eigenvalue weighted by Gasteiger charge is -2.14. The standard InChI is InChI=1S/C24H20FN5O2/c1-14-8-16(3-6-19(14)25)12-27-23(31)21-10-22(29-13-28-21)24(32)30-20-7-4-17-9-15(11-26)2-5-18(17)20/h2-3,5-6,8-10,13,20H,4,7,12H2,1H3,(H,27,31)(H,30,32)/t20-/m0/s1. The highest BCUT2D eigenvalue weighted by Gasteiger charge is 2.25. The van der Waals surface area contributed by atoms with Gasteiger partial charge in [-0.25, -0.2) is 14.4 Å². The van der Waals surface area contributed by atoms with Crippen LogP contribution in [0.1, 0.15) is 61.3 Å². The number of aryl methyl sites for hydroxylation is 2. The van der Waals surface area contributed by atoms with Gasteiger partial charge in [0, 0.05) is 12.6 Å². The third kappa shape index (κ3) is 4.47. The van der Waals surface area contributed by atoms with E-state index in [1.54, 1.807) is 25.1 Å². The van der Waals surface area contributed by atoms with E-state index in [1.165, 1.54) is 18.5 Å². The fraction of sp³-hybridized carbons (Fsp3) is 0.208. The van der Waals surface area contributed by atoms with Crippen molar-refractivity contribution in [1.29, 1.82) is 5.26 Å². The van der Waals surface area contributed by atoms with Crippen LogP contribution < -0.4 is 10.6 Å². The van der Waals surface area contributed by atoms with Gasteiger partial charge < -0.3 is 10.6 Å². The van der Waals surface area contributed by atoms with E-state index in [4.69, 9.17) is 5.26 Å². The van der Waals surface area contributed by atoms with Crippen molar-refractivity contribution >= 4 is 11.8 Å². The predicted octanol–water partition coefficient (Wildman–Crippen LogP) is 3.14. The first-order chi connectivity index (χ1) is 15.4. The number of hydrogen-bond acceptors (Lipinski definition) is 5. The van der Waals surface area contributed by atoms with Crippen molar-refractivity contribution in [1.82, 2.24) is 20.6 Å². The summed E-state index contributed by atoms with van der Waals surface area (Å²) in [6, 6.07) is 13.3. The van der Waals surface area contributed by atoms with Gasteiger partial charge in [-0.3, -0.25) is 9.59 Å². The summed E-state index contributed by atoms with van der Waals surface area (Å²) < 4.78 is 13.4. The molecule has 0 fully saturated rings. The molecule has 1 heterocycles. The van der Waals surface area contributed by atoms with E-state index in [2.05, 4.69) is 26.7 Å². The number of aromatic nitrogens is 2. The van der Waals surface area contributed by atoms with Crippen molar-refractivity contribution in [2.45, 2.75) is 32.4 Å². The quantitative estimate of drug-likeness (QED) is 0.648. The molecule has 4 rings (SSSR count). The smallest absolute Gasteiger partial charge is 0.270 e. The number of nitrogens with one attached hydrogen (secondary N) is 2. The summed E-state index contributed by atoms with van der Waals surface area (Å²) in [5.41, 5.74) is 4.03. The van der Waals surface area contributed by atoms with Crippen LogP contribution in [0.3, 0.4) is 0 Å². The fourth-order valence-corrected chi connectivity index (χ4v) is 3.76. The van der Waals surface area contributed by atoms with Gasteiger partial charge in [-0.05, 0) is 60.2 Å². The lowest BCUT2D eigenvalue weighted by atomic mass is 10.1. The Balaban J connectivity index is 1.41. The van der Waals surface area contributed by atoms with Crippen molar-refractivity contribution in [3.8, 4) is 6.07 Å². The maximum absolute atomic E-state index is 13.4. The molecule has 0 saturated carbocycles. The molecular weight excluding hydrogens is 409 g/mol. The molecule has 0 spiro atoms. The van der Waals surface area contributed by atoms with Crippen LogP contribution in [0.2, 0.25) is 0 Å². The van der Waals surface area contributed by atoms with Gasteiger partial charge in [0.25, 0.3) is 11.8 Å². The molecule has 1 atom stereocenters. The summed E-state index contributed by atoms with van der Waals surface area (Å²) in [6.07, 6.45) is 2.68. The molecule has 0 bridgehead atoms. The molecule has 8 heteroatoms. The molecule has 1 aromatic heterocycles. The van der Waals surface area contributed by atoms with Gasteiger partial charge in [-0.2, -0.15) is 5.26 Å². The lowest BCUT2D eigenvalue weighted by Crippen LogP contribution is -2.29. The highest BCUT2D eigenvalue weighted by Crippen LogP contribution is 2.31. The highest BCUT2D eigenvalue weighted by atomic mass is 19.1. The second-order valence-corrected chi connectivity index (χ2v) is 7.64. The Kier molecular flexibility index (Phi) is 5.90. The molecule has 160 valence electrons. The topological polar surface area (TPSA) is 108 Å². The van der Waals surface area contributed by atoms with Crippen LogP contribution in [0.25, 0.3) is 0 Å². The maximum Gasteiger partial charge on any atom is 0.270 e. The Morgan fingerprint density at radius 1 is 1.12 bits per heavy atom. The van der Waals surface area contributed by atoms with E-state index < -0.39 is 11.8 Å². The number of benzene rings is 2. The third-order valence-electron chi connectivity index (χ3n) is 5.46. The minimum atomic E-state index is -0.460. The predicted molar refractivity (Wildman–Crippen MR) is 114 cm³/mol. The van der Waals surface area contributed by atoms with Crippen LogP contribution in [0, 0.1) is 24.1 Å². The first kappa shape index (κ1) is 21.1. The maximum atomic E-state index is 13.4. The Morgan fingerprint density at radius 3 is 2.66 bits per heavy atom. The molecule has 3 aromatic rings. The molecule has 2 amide bonds. The zero-order chi connectivity index (χ0) is 22.7. The van der Waals surface area contributed by atoms with Crippen LogP contribution >= 0.6 is 0 Å². The Hall–Kier alpha value is -4.12. The number of fused-ring (bicyclic) bond motifs is 1. The molecule has 1 aliphatic carbocycles. The summed E-state index contributed by atoms with van der Waals surface area (Å²) in [6.45, 7) is 1.86. The average Bonchev–Trinajstić information content (AvgIpc) is 3.21. The molecular formula is C24H20FN5O2. The van der Waals surface area contributed by atoms with Crippen molar-refractivity contribution in [2.24, 2.45) is 0 Å². The number of carbonyl (C=O) groups is 2. The van der Waals surface area contributed by atoms with E-state index in [0.29, 0.717) is 11.1 Å². The normalized spacial score (nSPS) is 14.3. The molecule has 1 aliphatic rings. The number of nitrogens with zero attached hydrogens (tertiary/aromatic N) is 3. The number of nitriles is 1. The van der Waals surface area contributed by atoms with Crippen molar-refractivity contribution in [3.63, 3.8) is 0 Å². The van der Waals surface area contributed by atoms with E-state index in [-0.39, 0.29) is 29.8 Å². The molecule has 2 aromatic carbocycles. The number of carbonyl (C=O) groups excluding carboxylic acids is 2. The summed E-state index contributed by atoms with van der Waals surface area (Å²) in [7, 11) is 0. The highest BCUT2D eigenvalue weighted by molar-refractivity contribution is 5.97. The summed E-state index contributed by atoms with van der Waals surface area (Å²) >= 11 is 0. The van der Waals surface area contributed by atoms with Crippen molar-refractivity contribution in [3.05, 3.63) is 93.8 Å². The molecule has 2 N–H and O–H groups in total. The molecule has 0 saturated heterocycles. The number of hydrogen-bond donors (Lipinski definition) is 2. The first-order valence-corrected chi connectivity index (χ1v) is 10.1. The van der Waals surface area contributed by atoms with Crippen molar-refractivity contribution in [2.75, 3.05) is 0 Å². The zero-order valence-corrected chi connectivity index (χ0v) is 17.4. The number of amides is 2. The number of rotatable bonds is 5. The van der Waals surface area contributed by atoms with E-state index in [0.717, 1.165) is 29.5 Å². The first-order valence-electron chi connectivity index (χ1n) is 10.1. The zero-order valence-electron chi connectivity index (χ0n) is 17.4. The molecule has 0 radical (unpaired) electrons. The van der Waals surface area contributed by atoms with E-state index in [1.807, 2.05) is 12.1 Å². The van der Waals surface area contributed by atoms with Crippen LogP contribution in [0.4, 0.5) is 4.39 Å². The van der Waals surface area contributed by atoms with Crippen LogP contribution in [-0.2, 0) is 13.0 Å². The SMILES string of the molecule is Cc1cc(CNC(=O)c2cc(C(=O)N[C@H]3CCc4cc(C#N)ccc43)ncn2)ccc1F. The monoisotopic (exact) mass is 429 g/mol. The second-order valence-electron chi connectivity index (χ2n) is 7.64.